The van der Waals surface area contributed by atoms with Gasteiger partial charge in [-0.3, -0.25) is 0 Å². The largest absolute Gasteiger partial charge is 0.379 e. The first-order chi connectivity index (χ1) is 8.57. The summed E-state index contributed by atoms with van der Waals surface area (Å²) in [4.78, 5) is 5.20. The molecule has 0 unspecified atom stereocenters. The van der Waals surface area contributed by atoms with Crippen LogP contribution in [0.4, 0.5) is 0 Å². The van der Waals surface area contributed by atoms with E-state index in [-0.39, 0.29) is 5.60 Å². The van der Waals surface area contributed by atoms with Crippen molar-refractivity contribution in [3.05, 3.63) is 0 Å². The number of nitrogens with zero attached hydrogens (tertiary/aromatic N) is 2. The van der Waals surface area contributed by atoms with Crippen LogP contribution >= 0.6 is 0 Å². The molecule has 0 spiro atoms. The van der Waals surface area contributed by atoms with Crippen molar-refractivity contribution < 1.29 is 4.74 Å². The number of methoxy groups -OCH3 is 1. The number of hydrogen-bond acceptors (Lipinski definition) is 3. The number of ether oxygens (including phenoxy) is 1. The van der Waals surface area contributed by atoms with Gasteiger partial charge < -0.3 is 14.5 Å². The summed E-state index contributed by atoms with van der Waals surface area (Å²) >= 11 is 0. The van der Waals surface area contributed by atoms with Crippen molar-refractivity contribution in [2.45, 2.75) is 52.1 Å². The molecule has 1 aliphatic rings. The Kier molecular flexibility index (Phi) is 7.20. The molecule has 0 amide bonds. The summed E-state index contributed by atoms with van der Waals surface area (Å²) in [6, 6.07) is 0. The third-order valence-corrected chi connectivity index (χ3v) is 4.13. The third kappa shape index (κ3) is 6.17. The first-order valence-corrected chi connectivity index (χ1v) is 7.57. The Morgan fingerprint density at radius 2 is 1.50 bits per heavy atom. The predicted molar refractivity (Wildman–Crippen MR) is 78.1 cm³/mol. The van der Waals surface area contributed by atoms with Gasteiger partial charge in [-0.15, -0.1) is 0 Å². The molecular weight excluding hydrogens is 224 g/mol. The van der Waals surface area contributed by atoms with Crippen LogP contribution in [0.15, 0.2) is 0 Å². The molecule has 1 heterocycles. The zero-order chi connectivity index (χ0) is 13.4. The van der Waals surface area contributed by atoms with Crippen molar-refractivity contribution in [1.29, 1.82) is 0 Å². The first kappa shape index (κ1) is 15.9. The molecule has 1 aliphatic heterocycles. The molecule has 1 saturated heterocycles. The van der Waals surface area contributed by atoms with Gasteiger partial charge in [-0.25, -0.2) is 0 Å². The highest BCUT2D eigenvalue weighted by Crippen LogP contribution is 2.14. The quantitative estimate of drug-likeness (QED) is 0.621. The van der Waals surface area contributed by atoms with Gasteiger partial charge in [-0.05, 0) is 33.2 Å². The van der Waals surface area contributed by atoms with Crippen LogP contribution in [-0.4, -0.2) is 61.8 Å². The van der Waals surface area contributed by atoms with E-state index in [1.54, 1.807) is 0 Å². The van der Waals surface area contributed by atoms with Gasteiger partial charge in [-0.1, -0.05) is 19.8 Å². The lowest BCUT2D eigenvalue weighted by molar-refractivity contribution is 0.00329. The summed E-state index contributed by atoms with van der Waals surface area (Å²) in [5, 5.41) is 0. The molecule has 3 heteroatoms. The van der Waals surface area contributed by atoms with Crippen molar-refractivity contribution in [1.82, 2.24) is 9.80 Å². The second-order valence-electron chi connectivity index (χ2n) is 6.10. The van der Waals surface area contributed by atoms with E-state index in [0.717, 1.165) is 6.42 Å². The second kappa shape index (κ2) is 8.13. The van der Waals surface area contributed by atoms with Crippen LogP contribution in [-0.2, 0) is 4.74 Å². The molecule has 0 aromatic rings. The molecule has 0 bridgehead atoms. The average Bonchev–Trinajstić information content (AvgIpc) is 2.38. The normalized spacial score (nSPS) is 19.3. The Labute approximate surface area is 113 Å². The smallest absolute Gasteiger partial charge is 0.0634 e. The predicted octanol–water partition coefficient (Wildman–Crippen LogP) is 2.61. The van der Waals surface area contributed by atoms with Crippen LogP contribution in [0.25, 0.3) is 0 Å². The van der Waals surface area contributed by atoms with Gasteiger partial charge in [0.25, 0.3) is 0 Å². The summed E-state index contributed by atoms with van der Waals surface area (Å²) in [7, 11) is 1.81. The average molecular weight is 256 g/mol. The summed E-state index contributed by atoms with van der Waals surface area (Å²) in [5.41, 5.74) is 0.0261. The van der Waals surface area contributed by atoms with Crippen molar-refractivity contribution in [2.75, 3.05) is 46.4 Å². The van der Waals surface area contributed by atoms with Gasteiger partial charge in [0.1, 0.15) is 0 Å². The van der Waals surface area contributed by atoms with Crippen molar-refractivity contribution in [2.24, 2.45) is 0 Å². The van der Waals surface area contributed by atoms with Crippen LogP contribution < -0.4 is 0 Å². The lowest BCUT2D eigenvalue weighted by atomic mass is 10.0. The molecular formula is C15H32N2O. The van der Waals surface area contributed by atoms with E-state index in [0.29, 0.717) is 0 Å². The summed E-state index contributed by atoms with van der Waals surface area (Å²) in [6.45, 7) is 14.0. The maximum atomic E-state index is 5.48. The summed E-state index contributed by atoms with van der Waals surface area (Å²) in [5.74, 6) is 0. The van der Waals surface area contributed by atoms with E-state index in [1.165, 1.54) is 58.5 Å². The highest BCUT2D eigenvalue weighted by Gasteiger charge is 2.20. The minimum absolute atomic E-state index is 0.0261. The maximum Gasteiger partial charge on any atom is 0.0634 e. The molecule has 0 saturated carbocycles. The Morgan fingerprint density at radius 1 is 0.944 bits per heavy atom. The number of rotatable bonds is 8. The van der Waals surface area contributed by atoms with Gasteiger partial charge in [0.2, 0.25) is 0 Å². The second-order valence-corrected chi connectivity index (χ2v) is 6.10. The summed E-state index contributed by atoms with van der Waals surface area (Å²) in [6.07, 6.45) is 5.20. The Hall–Kier alpha value is -0.120. The van der Waals surface area contributed by atoms with Gasteiger partial charge in [0.15, 0.2) is 0 Å². The topological polar surface area (TPSA) is 15.7 Å². The van der Waals surface area contributed by atoms with Crippen LogP contribution in [0.2, 0.25) is 0 Å². The van der Waals surface area contributed by atoms with Crippen LogP contribution in [0, 0.1) is 0 Å². The number of piperazine rings is 1. The van der Waals surface area contributed by atoms with Crippen molar-refractivity contribution in [3.63, 3.8) is 0 Å². The van der Waals surface area contributed by atoms with E-state index in [1.807, 2.05) is 7.11 Å². The van der Waals surface area contributed by atoms with E-state index >= 15 is 0 Å². The molecule has 0 aromatic carbocycles. The molecule has 1 fully saturated rings. The van der Waals surface area contributed by atoms with Gasteiger partial charge in [0.05, 0.1) is 5.60 Å². The van der Waals surface area contributed by atoms with Crippen molar-refractivity contribution >= 4 is 0 Å². The van der Waals surface area contributed by atoms with E-state index in [2.05, 4.69) is 30.6 Å². The Balaban J connectivity index is 2.11. The molecule has 18 heavy (non-hydrogen) atoms. The highest BCUT2D eigenvalue weighted by atomic mass is 16.5. The zero-order valence-corrected chi connectivity index (χ0v) is 12.9. The SMILES string of the molecule is CCCCCN1CCN(CCC(C)(C)OC)CC1. The van der Waals surface area contributed by atoms with Gasteiger partial charge in [0, 0.05) is 39.8 Å². The molecule has 0 aliphatic carbocycles. The fourth-order valence-corrected chi connectivity index (χ4v) is 2.35. The minimum Gasteiger partial charge on any atom is -0.379 e. The van der Waals surface area contributed by atoms with E-state index in [4.69, 9.17) is 4.74 Å². The van der Waals surface area contributed by atoms with E-state index in [9.17, 15) is 0 Å². The lowest BCUT2D eigenvalue weighted by Crippen LogP contribution is -2.47. The first-order valence-electron chi connectivity index (χ1n) is 7.57. The lowest BCUT2D eigenvalue weighted by Gasteiger charge is -2.36. The number of hydrogen-bond donors (Lipinski definition) is 0. The minimum atomic E-state index is 0.0261. The molecule has 0 radical (unpaired) electrons. The molecule has 108 valence electrons. The van der Waals surface area contributed by atoms with Gasteiger partial charge in [-0.2, -0.15) is 0 Å². The third-order valence-electron chi connectivity index (χ3n) is 4.13. The Bertz CT molecular complexity index is 211. The Morgan fingerprint density at radius 3 is 2.00 bits per heavy atom. The highest BCUT2D eigenvalue weighted by molar-refractivity contribution is 4.75. The number of unbranched alkanes of at least 4 members (excludes halogenated alkanes) is 2. The fraction of sp³-hybridized carbons (Fsp3) is 1.00. The van der Waals surface area contributed by atoms with Gasteiger partial charge >= 0.3 is 0 Å². The molecule has 0 aromatic heterocycles. The maximum absolute atomic E-state index is 5.48. The molecule has 0 N–H and O–H groups in total. The molecule has 0 atom stereocenters. The zero-order valence-electron chi connectivity index (χ0n) is 12.9. The monoisotopic (exact) mass is 256 g/mol. The molecule has 3 nitrogen and oxygen atoms in total. The van der Waals surface area contributed by atoms with Crippen molar-refractivity contribution in [3.8, 4) is 0 Å². The molecule has 1 rings (SSSR count). The van der Waals surface area contributed by atoms with E-state index < -0.39 is 0 Å². The summed E-state index contributed by atoms with van der Waals surface area (Å²) < 4.78 is 5.48. The van der Waals surface area contributed by atoms with Crippen LogP contribution in [0.5, 0.6) is 0 Å². The fourth-order valence-electron chi connectivity index (χ4n) is 2.35. The standard InChI is InChI=1S/C15H32N2O/c1-5-6-7-9-16-11-13-17(14-12-16)10-8-15(2,3)18-4/h5-14H2,1-4H3. The van der Waals surface area contributed by atoms with Crippen LogP contribution in [0.1, 0.15) is 46.5 Å². The van der Waals surface area contributed by atoms with Crippen LogP contribution in [0.3, 0.4) is 0 Å².